The third-order valence-corrected chi connectivity index (χ3v) is 3.76. The van der Waals surface area contributed by atoms with E-state index in [9.17, 15) is 13.5 Å². The minimum Gasteiger partial charge on any atom is -0.376 e. The largest absolute Gasteiger partial charge is 0.376 e. The predicted octanol–water partition coefficient (Wildman–Crippen LogP) is 1.49. The van der Waals surface area contributed by atoms with E-state index in [4.69, 9.17) is 10.7 Å². The molecule has 2 rings (SSSR count). The number of nitrogens with two attached hydrogens (primary N) is 1. The molecule has 21 heavy (non-hydrogen) atoms. The van der Waals surface area contributed by atoms with Crippen LogP contribution < -0.4 is 5.14 Å². The molecule has 0 heterocycles. The fraction of sp³-hybridized carbons (Fsp3) is 0.357. The van der Waals surface area contributed by atoms with Gasteiger partial charge in [-0.3, -0.25) is 0 Å². The molecule has 3 N–H and O–H groups in total. The number of nitrogens with zero attached hydrogens (tertiary/aromatic N) is 2. The highest BCUT2D eigenvalue weighted by Gasteiger charge is 2.25. The topological polar surface area (TPSA) is 117 Å². The molecule has 0 bridgehead atoms. The van der Waals surface area contributed by atoms with Gasteiger partial charge in [0.25, 0.3) is 0 Å². The Morgan fingerprint density at radius 1 is 1.33 bits per heavy atom. The highest BCUT2D eigenvalue weighted by molar-refractivity contribution is 7.89. The maximum absolute atomic E-state index is 10.2. The summed E-state index contributed by atoms with van der Waals surface area (Å²) in [5.41, 5.74) is 10.6. The van der Waals surface area contributed by atoms with Gasteiger partial charge in [-0.05, 0) is 23.6 Å². The first-order chi connectivity index (χ1) is 9.89. The van der Waals surface area contributed by atoms with Crippen molar-refractivity contribution in [2.45, 2.75) is 25.9 Å². The van der Waals surface area contributed by atoms with Gasteiger partial charge in [-0.2, -0.15) is 4.79 Å². The Balaban J connectivity index is 0.000000240. The summed E-state index contributed by atoms with van der Waals surface area (Å²) in [7, 11) is -3.19. The minimum atomic E-state index is -3.19. The zero-order valence-electron chi connectivity index (χ0n) is 11.8. The van der Waals surface area contributed by atoms with E-state index in [-0.39, 0.29) is 11.5 Å². The van der Waals surface area contributed by atoms with Crippen LogP contribution in [0.5, 0.6) is 0 Å². The highest BCUT2D eigenvalue weighted by atomic mass is 32.2. The molecule has 1 aliphatic carbocycles. The Labute approximate surface area is 124 Å². The smallest absolute Gasteiger partial charge is 0.324 e. The first kappa shape index (κ1) is 17.3. The zero-order chi connectivity index (χ0) is 15.9. The van der Waals surface area contributed by atoms with Crippen LogP contribution in [-0.2, 0) is 10.0 Å². The molecule has 0 amide bonds. The maximum atomic E-state index is 10.2. The van der Waals surface area contributed by atoms with Gasteiger partial charge in [0.2, 0.25) is 10.0 Å². The third kappa shape index (κ3) is 5.61. The van der Waals surface area contributed by atoms with E-state index in [1.807, 2.05) is 37.3 Å². The fourth-order valence-electron chi connectivity index (χ4n) is 1.77. The van der Waals surface area contributed by atoms with Crippen LogP contribution in [0.4, 0.5) is 0 Å². The second kappa shape index (κ2) is 7.85. The minimum absolute atomic E-state index is 0.115. The Morgan fingerprint density at radius 2 is 2.00 bits per heavy atom. The van der Waals surface area contributed by atoms with Crippen molar-refractivity contribution in [1.29, 1.82) is 0 Å². The molecule has 1 unspecified atom stereocenters. The number of primary sulfonamides is 1. The van der Waals surface area contributed by atoms with Crippen molar-refractivity contribution in [3.05, 3.63) is 47.0 Å². The molecule has 1 aromatic rings. The number of sulfonamides is 1. The van der Waals surface area contributed by atoms with Crippen LogP contribution in [0.15, 0.2) is 30.3 Å². The van der Waals surface area contributed by atoms with Crippen LogP contribution in [0, 0.1) is 0 Å². The van der Waals surface area contributed by atoms with Gasteiger partial charge in [0.1, 0.15) is 0 Å². The summed E-state index contributed by atoms with van der Waals surface area (Å²) in [6.07, 6.45) is 4.14. The number of hydrogen-bond donors (Lipinski definition) is 2. The molecule has 1 aromatic carbocycles. The number of rotatable bonds is 3. The number of unbranched alkanes of at least 4 members (excludes halogenated alkanes) is 1. The van der Waals surface area contributed by atoms with Crippen molar-refractivity contribution in [1.82, 2.24) is 0 Å². The average Bonchev–Trinajstić information content (AvgIpc) is 2.46. The lowest BCUT2D eigenvalue weighted by Gasteiger charge is -2.12. The van der Waals surface area contributed by atoms with Gasteiger partial charge in [0, 0.05) is 6.08 Å². The summed E-state index contributed by atoms with van der Waals surface area (Å²) in [5.74, 6) is 0.115. The van der Waals surface area contributed by atoms with E-state index in [2.05, 4.69) is 4.79 Å². The number of fused-ring (bicyclic) bond motifs is 1. The van der Waals surface area contributed by atoms with Crippen molar-refractivity contribution in [3.63, 3.8) is 0 Å². The molecule has 1 atom stereocenters. The Bertz CT molecular complexity index is 662. The molecule has 0 saturated heterocycles. The summed E-state index contributed by atoms with van der Waals surface area (Å²) in [6.45, 7) is 1.92. The predicted molar refractivity (Wildman–Crippen MR) is 81.9 cm³/mol. The Hall–Kier alpha value is -1.79. The molecule has 0 radical (unpaired) electrons. The second-order valence-corrected chi connectivity index (χ2v) is 6.34. The summed E-state index contributed by atoms with van der Waals surface area (Å²) in [6, 6.07) is 7.46. The van der Waals surface area contributed by atoms with E-state index >= 15 is 0 Å². The summed E-state index contributed by atoms with van der Waals surface area (Å²) >= 11 is 0. The second-order valence-electron chi connectivity index (χ2n) is 4.61. The molecule has 7 heteroatoms. The lowest BCUT2D eigenvalue weighted by atomic mass is 9.94. The molecule has 0 saturated carbocycles. The van der Waals surface area contributed by atoms with Gasteiger partial charge in [0.15, 0.2) is 6.10 Å². The molecule has 0 aliphatic heterocycles. The lowest BCUT2D eigenvalue weighted by Crippen LogP contribution is -2.15. The standard InChI is InChI=1S/C10H8N2O.C4H11NO2S/c11-12-9-6-5-7-3-1-2-4-8(7)10(9)13;1-2-3-4-8(5,6)7/h1-6,10,13H;2-4H2,1H3,(H2,5,6,7). The Kier molecular flexibility index (Phi) is 6.45. The lowest BCUT2D eigenvalue weighted by molar-refractivity contribution is -0.0188. The molecular formula is C14H19N3O3S. The zero-order valence-corrected chi connectivity index (χ0v) is 12.6. The summed E-state index contributed by atoms with van der Waals surface area (Å²) < 4.78 is 20.3. The van der Waals surface area contributed by atoms with Gasteiger partial charge >= 0.3 is 5.71 Å². The molecular weight excluding hydrogens is 290 g/mol. The van der Waals surface area contributed by atoms with E-state index < -0.39 is 16.1 Å². The molecule has 0 spiro atoms. The van der Waals surface area contributed by atoms with E-state index in [1.165, 1.54) is 0 Å². The summed E-state index contributed by atoms with van der Waals surface area (Å²) in [4.78, 5) is 3.01. The van der Waals surface area contributed by atoms with Gasteiger partial charge in [-0.1, -0.05) is 37.6 Å². The number of benzene rings is 1. The van der Waals surface area contributed by atoms with Crippen molar-refractivity contribution in [2.75, 3.05) is 5.75 Å². The van der Waals surface area contributed by atoms with Gasteiger partial charge < -0.3 is 10.6 Å². The molecule has 114 valence electrons. The quantitative estimate of drug-likeness (QED) is 0.650. The molecule has 0 aromatic heterocycles. The summed E-state index contributed by atoms with van der Waals surface area (Å²) in [5, 5.41) is 14.4. The van der Waals surface area contributed by atoms with Gasteiger partial charge in [0.05, 0.1) is 5.75 Å². The van der Waals surface area contributed by atoms with E-state index in [0.717, 1.165) is 17.5 Å². The Morgan fingerprint density at radius 3 is 2.52 bits per heavy atom. The van der Waals surface area contributed by atoms with Crippen molar-refractivity contribution in [3.8, 4) is 0 Å². The monoisotopic (exact) mass is 309 g/mol. The first-order valence-corrected chi connectivity index (χ1v) is 8.28. The van der Waals surface area contributed by atoms with Crippen molar-refractivity contribution < 1.29 is 18.3 Å². The van der Waals surface area contributed by atoms with Crippen LogP contribution in [0.3, 0.4) is 0 Å². The SMILES string of the molecule is CCCCS(N)(=O)=O.[N-]=[N+]=C1C=Cc2ccccc2C1O. The molecule has 6 nitrogen and oxygen atoms in total. The average molecular weight is 309 g/mol. The number of aliphatic hydroxyl groups is 1. The van der Waals surface area contributed by atoms with Crippen molar-refractivity contribution >= 4 is 21.8 Å². The highest BCUT2D eigenvalue weighted by Crippen LogP contribution is 2.24. The normalized spacial score (nSPS) is 16.5. The van der Waals surface area contributed by atoms with Crippen LogP contribution in [0.25, 0.3) is 11.6 Å². The number of aliphatic hydroxyl groups excluding tert-OH is 1. The first-order valence-electron chi connectivity index (χ1n) is 6.56. The van der Waals surface area contributed by atoms with Crippen LogP contribution in [0.2, 0.25) is 0 Å². The van der Waals surface area contributed by atoms with Gasteiger partial charge in [-0.25, -0.2) is 13.6 Å². The van der Waals surface area contributed by atoms with Crippen molar-refractivity contribution in [2.24, 2.45) is 5.14 Å². The van der Waals surface area contributed by atoms with Crippen LogP contribution in [0.1, 0.15) is 37.0 Å². The van der Waals surface area contributed by atoms with E-state index in [0.29, 0.717) is 6.42 Å². The fourth-order valence-corrected chi connectivity index (χ4v) is 2.46. The van der Waals surface area contributed by atoms with Crippen LogP contribution >= 0.6 is 0 Å². The number of hydrogen-bond acceptors (Lipinski definition) is 3. The van der Waals surface area contributed by atoms with Crippen LogP contribution in [-0.4, -0.2) is 29.8 Å². The maximum Gasteiger partial charge on any atom is 0.324 e. The molecule has 1 aliphatic rings. The molecule has 0 fully saturated rings. The van der Waals surface area contributed by atoms with E-state index in [1.54, 1.807) is 6.08 Å². The third-order valence-electron chi connectivity index (χ3n) is 2.90. The van der Waals surface area contributed by atoms with Gasteiger partial charge in [-0.15, -0.1) is 0 Å².